The van der Waals surface area contributed by atoms with Crippen molar-refractivity contribution in [1.82, 2.24) is 9.21 Å². The molecular formula is C15H22ClN3O3S. The summed E-state index contributed by atoms with van der Waals surface area (Å²) in [6.07, 6.45) is 1.94. The lowest BCUT2D eigenvalue weighted by atomic mass is 10.2. The van der Waals surface area contributed by atoms with Crippen LogP contribution in [0.1, 0.15) is 12.0 Å². The quantitative estimate of drug-likeness (QED) is 0.885. The third-order valence-corrected chi connectivity index (χ3v) is 5.64. The van der Waals surface area contributed by atoms with Crippen LogP contribution in [0.2, 0.25) is 5.02 Å². The first kappa shape index (κ1) is 18.2. The third-order valence-electron chi connectivity index (χ3n) is 3.93. The average molecular weight is 360 g/mol. The summed E-state index contributed by atoms with van der Waals surface area (Å²) in [5.74, 6) is -0.122. The third kappa shape index (κ3) is 5.17. The maximum atomic E-state index is 12.2. The molecule has 0 atom stereocenters. The van der Waals surface area contributed by atoms with Gasteiger partial charge in [0.2, 0.25) is 15.9 Å². The molecule has 23 heavy (non-hydrogen) atoms. The van der Waals surface area contributed by atoms with Crippen molar-refractivity contribution in [2.45, 2.75) is 13.3 Å². The molecule has 0 aliphatic carbocycles. The van der Waals surface area contributed by atoms with Gasteiger partial charge in [-0.1, -0.05) is 17.7 Å². The average Bonchev–Trinajstić information content (AvgIpc) is 2.69. The first-order valence-corrected chi connectivity index (χ1v) is 9.72. The maximum Gasteiger partial charge on any atom is 0.238 e. The summed E-state index contributed by atoms with van der Waals surface area (Å²) in [6.45, 7) is 4.27. The zero-order valence-electron chi connectivity index (χ0n) is 13.4. The van der Waals surface area contributed by atoms with Crippen LogP contribution >= 0.6 is 11.6 Å². The Balaban J connectivity index is 1.92. The molecular weight excluding hydrogens is 338 g/mol. The lowest BCUT2D eigenvalue weighted by Crippen LogP contribution is -2.37. The van der Waals surface area contributed by atoms with Crippen molar-refractivity contribution in [2.75, 3.05) is 44.3 Å². The van der Waals surface area contributed by atoms with E-state index in [1.54, 1.807) is 12.1 Å². The van der Waals surface area contributed by atoms with Crippen molar-refractivity contribution in [2.24, 2.45) is 0 Å². The molecule has 0 radical (unpaired) electrons. The number of halogens is 1. The van der Waals surface area contributed by atoms with Gasteiger partial charge in [0, 0.05) is 30.3 Å². The Labute approximate surface area is 142 Å². The number of rotatable bonds is 4. The van der Waals surface area contributed by atoms with Crippen molar-refractivity contribution in [3.05, 3.63) is 28.8 Å². The Morgan fingerprint density at radius 1 is 1.26 bits per heavy atom. The second kappa shape index (κ2) is 7.61. The molecule has 6 nitrogen and oxygen atoms in total. The number of nitrogens with zero attached hydrogens (tertiary/aromatic N) is 2. The topological polar surface area (TPSA) is 69.7 Å². The Hall–Kier alpha value is -1.15. The molecule has 0 bridgehead atoms. The number of amides is 1. The van der Waals surface area contributed by atoms with E-state index < -0.39 is 10.0 Å². The van der Waals surface area contributed by atoms with E-state index in [0.717, 1.165) is 12.0 Å². The molecule has 1 aliphatic heterocycles. The summed E-state index contributed by atoms with van der Waals surface area (Å²) in [4.78, 5) is 14.2. The van der Waals surface area contributed by atoms with Crippen LogP contribution in [0.15, 0.2) is 18.2 Å². The van der Waals surface area contributed by atoms with Gasteiger partial charge >= 0.3 is 0 Å². The Morgan fingerprint density at radius 2 is 2.00 bits per heavy atom. The van der Waals surface area contributed by atoms with E-state index in [0.29, 0.717) is 36.9 Å². The molecule has 0 aromatic heterocycles. The molecule has 2 rings (SSSR count). The largest absolute Gasteiger partial charge is 0.325 e. The highest BCUT2D eigenvalue weighted by Gasteiger charge is 2.22. The normalized spacial score (nSPS) is 17.7. The van der Waals surface area contributed by atoms with Crippen LogP contribution in [0.3, 0.4) is 0 Å². The molecule has 128 valence electrons. The molecule has 0 saturated carbocycles. The number of hydrogen-bond acceptors (Lipinski definition) is 4. The highest BCUT2D eigenvalue weighted by Crippen LogP contribution is 2.22. The minimum absolute atomic E-state index is 0.122. The summed E-state index contributed by atoms with van der Waals surface area (Å²) < 4.78 is 24.7. The van der Waals surface area contributed by atoms with E-state index in [2.05, 4.69) is 5.32 Å². The van der Waals surface area contributed by atoms with Gasteiger partial charge < -0.3 is 5.32 Å². The van der Waals surface area contributed by atoms with E-state index in [4.69, 9.17) is 11.6 Å². The zero-order valence-corrected chi connectivity index (χ0v) is 15.0. The summed E-state index contributed by atoms with van der Waals surface area (Å²) in [7, 11) is -3.17. The van der Waals surface area contributed by atoms with Crippen LogP contribution in [-0.2, 0) is 14.8 Å². The molecule has 8 heteroatoms. The van der Waals surface area contributed by atoms with Gasteiger partial charge in [0.15, 0.2) is 0 Å². The van der Waals surface area contributed by atoms with Crippen molar-refractivity contribution in [1.29, 1.82) is 0 Å². The molecule has 0 spiro atoms. The van der Waals surface area contributed by atoms with Crippen molar-refractivity contribution in [3.63, 3.8) is 0 Å². The van der Waals surface area contributed by atoms with Crippen LogP contribution in [0, 0.1) is 6.92 Å². The van der Waals surface area contributed by atoms with E-state index in [-0.39, 0.29) is 12.5 Å². The van der Waals surface area contributed by atoms with Crippen LogP contribution in [-0.4, -0.2) is 62.5 Å². The lowest BCUT2D eigenvalue weighted by Gasteiger charge is -2.20. The number of carbonyl (C=O) groups is 1. The number of benzene rings is 1. The molecule has 0 unspecified atom stereocenters. The van der Waals surface area contributed by atoms with Crippen molar-refractivity contribution >= 4 is 33.2 Å². The number of hydrogen-bond donors (Lipinski definition) is 1. The minimum Gasteiger partial charge on any atom is -0.325 e. The number of sulfonamides is 1. The molecule has 1 heterocycles. The second-order valence-corrected chi connectivity index (χ2v) is 8.14. The van der Waals surface area contributed by atoms with Gasteiger partial charge in [-0.2, -0.15) is 0 Å². The first-order chi connectivity index (χ1) is 10.8. The summed E-state index contributed by atoms with van der Waals surface area (Å²) >= 11 is 6.05. The second-order valence-electron chi connectivity index (χ2n) is 5.75. The molecule has 1 N–H and O–H groups in total. The first-order valence-electron chi connectivity index (χ1n) is 7.50. The fraction of sp³-hybridized carbons (Fsp3) is 0.533. The summed E-state index contributed by atoms with van der Waals surface area (Å²) in [5.41, 5.74) is 1.54. The monoisotopic (exact) mass is 359 g/mol. The van der Waals surface area contributed by atoms with Crippen LogP contribution in [0.25, 0.3) is 0 Å². The van der Waals surface area contributed by atoms with Gasteiger partial charge in [0.25, 0.3) is 0 Å². The van der Waals surface area contributed by atoms with Crippen LogP contribution in [0.4, 0.5) is 5.69 Å². The summed E-state index contributed by atoms with van der Waals surface area (Å²) in [6, 6.07) is 5.38. The van der Waals surface area contributed by atoms with Crippen LogP contribution in [0.5, 0.6) is 0 Å². The SMILES string of the molecule is Cc1c(Cl)cccc1NC(=O)CN1CCCN(S(C)(=O)=O)CC1. The Bertz CT molecular complexity index is 679. The lowest BCUT2D eigenvalue weighted by molar-refractivity contribution is -0.117. The van der Waals surface area contributed by atoms with Gasteiger partial charge in [-0.05, 0) is 37.6 Å². The molecule has 1 aliphatic rings. The molecule has 1 aromatic carbocycles. The Kier molecular flexibility index (Phi) is 6.02. The van der Waals surface area contributed by atoms with E-state index in [1.165, 1.54) is 10.6 Å². The number of carbonyl (C=O) groups excluding carboxylic acids is 1. The molecule has 1 aromatic rings. The summed E-state index contributed by atoms with van der Waals surface area (Å²) in [5, 5.41) is 3.48. The van der Waals surface area contributed by atoms with Gasteiger partial charge in [-0.3, -0.25) is 9.69 Å². The smallest absolute Gasteiger partial charge is 0.238 e. The highest BCUT2D eigenvalue weighted by molar-refractivity contribution is 7.88. The zero-order chi connectivity index (χ0) is 17.0. The Morgan fingerprint density at radius 3 is 2.70 bits per heavy atom. The predicted octanol–water partition coefficient (Wildman–Crippen LogP) is 1.55. The van der Waals surface area contributed by atoms with E-state index in [9.17, 15) is 13.2 Å². The molecule has 1 fully saturated rings. The molecule has 1 amide bonds. The predicted molar refractivity (Wildman–Crippen MR) is 92.3 cm³/mol. The highest BCUT2D eigenvalue weighted by atomic mass is 35.5. The van der Waals surface area contributed by atoms with Gasteiger partial charge in [0.05, 0.1) is 12.8 Å². The van der Waals surface area contributed by atoms with Gasteiger partial charge in [-0.25, -0.2) is 12.7 Å². The fourth-order valence-corrected chi connectivity index (χ4v) is 3.62. The minimum atomic E-state index is -3.17. The van der Waals surface area contributed by atoms with Gasteiger partial charge in [-0.15, -0.1) is 0 Å². The number of anilines is 1. The van der Waals surface area contributed by atoms with E-state index in [1.807, 2.05) is 17.9 Å². The molecule has 1 saturated heterocycles. The fourth-order valence-electron chi connectivity index (χ4n) is 2.57. The number of nitrogens with one attached hydrogen (secondary N) is 1. The van der Waals surface area contributed by atoms with Crippen molar-refractivity contribution in [3.8, 4) is 0 Å². The van der Waals surface area contributed by atoms with Gasteiger partial charge in [0.1, 0.15) is 0 Å². The van der Waals surface area contributed by atoms with Crippen LogP contribution < -0.4 is 5.32 Å². The van der Waals surface area contributed by atoms with E-state index >= 15 is 0 Å². The maximum absolute atomic E-state index is 12.2. The standard InChI is InChI=1S/C15H22ClN3O3S/c1-12-13(16)5-3-6-14(12)17-15(20)11-18-7-4-8-19(10-9-18)23(2,21)22/h3,5-6H,4,7-11H2,1-2H3,(H,17,20). The van der Waals surface area contributed by atoms with Crippen molar-refractivity contribution < 1.29 is 13.2 Å².